The van der Waals surface area contributed by atoms with Gasteiger partial charge in [-0.3, -0.25) is 9.78 Å². The zero-order chi connectivity index (χ0) is 14.9. The predicted molar refractivity (Wildman–Crippen MR) is 83.6 cm³/mol. The summed E-state index contributed by atoms with van der Waals surface area (Å²) in [6.45, 7) is 3.32. The van der Waals surface area contributed by atoms with Gasteiger partial charge in [0.25, 0.3) is 0 Å². The number of nitrogens with zero attached hydrogens (tertiary/aromatic N) is 1. The average Bonchev–Trinajstić information content (AvgIpc) is 2.53. The Bertz CT molecular complexity index is 542. The Labute approximate surface area is 125 Å². The van der Waals surface area contributed by atoms with E-state index in [0.717, 1.165) is 11.3 Å². The van der Waals surface area contributed by atoms with Gasteiger partial charge in [-0.05, 0) is 24.6 Å². The summed E-state index contributed by atoms with van der Waals surface area (Å²) in [5, 5.41) is 6.22. The minimum absolute atomic E-state index is 0.0366. The Morgan fingerprint density at radius 3 is 2.62 bits per heavy atom. The van der Waals surface area contributed by atoms with Crippen molar-refractivity contribution >= 4 is 5.91 Å². The lowest BCUT2D eigenvalue weighted by Crippen LogP contribution is -2.29. The molecule has 1 amide bonds. The molecule has 1 aromatic heterocycles. The first-order valence-electron chi connectivity index (χ1n) is 7.20. The van der Waals surface area contributed by atoms with Crippen molar-refractivity contribution in [3.05, 3.63) is 66.0 Å². The van der Waals surface area contributed by atoms with Gasteiger partial charge in [0.05, 0.1) is 11.7 Å². The Kier molecular flexibility index (Phi) is 5.91. The summed E-state index contributed by atoms with van der Waals surface area (Å²) >= 11 is 0. The van der Waals surface area contributed by atoms with Crippen LogP contribution in [0, 0.1) is 0 Å². The molecule has 0 saturated carbocycles. The topological polar surface area (TPSA) is 54.0 Å². The van der Waals surface area contributed by atoms with Crippen molar-refractivity contribution < 1.29 is 4.79 Å². The highest BCUT2D eigenvalue weighted by Crippen LogP contribution is 2.10. The lowest BCUT2D eigenvalue weighted by Gasteiger charge is -2.14. The first-order chi connectivity index (χ1) is 10.3. The molecule has 2 N–H and O–H groups in total. The van der Waals surface area contributed by atoms with Crippen molar-refractivity contribution in [3.63, 3.8) is 0 Å². The molecule has 21 heavy (non-hydrogen) atoms. The largest absolute Gasteiger partial charge is 0.350 e. The Morgan fingerprint density at radius 1 is 1.14 bits per heavy atom. The van der Waals surface area contributed by atoms with E-state index in [9.17, 15) is 4.79 Å². The van der Waals surface area contributed by atoms with Crippen LogP contribution in [0.2, 0.25) is 0 Å². The Morgan fingerprint density at radius 2 is 1.90 bits per heavy atom. The molecule has 110 valence electrons. The molecule has 0 aliphatic heterocycles. The molecule has 0 fully saturated rings. The SMILES string of the molecule is CC(NC(=O)CCNCc1ccccn1)c1ccccc1. The number of pyridine rings is 1. The molecule has 2 rings (SSSR count). The van der Waals surface area contributed by atoms with Gasteiger partial charge in [-0.2, -0.15) is 0 Å². The van der Waals surface area contributed by atoms with Gasteiger partial charge in [0.15, 0.2) is 0 Å². The van der Waals surface area contributed by atoms with Crippen molar-refractivity contribution in [2.24, 2.45) is 0 Å². The minimum Gasteiger partial charge on any atom is -0.350 e. The van der Waals surface area contributed by atoms with E-state index >= 15 is 0 Å². The second kappa shape index (κ2) is 8.17. The molecule has 1 aromatic carbocycles. The third-order valence-corrected chi connectivity index (χ3v) is 3.24. The summed E-state index contributed by atoms with van der Waals surface area (Å²) in [6.07, 6.45) is 2.23. The van der Waals surface area contributed by atoms with E-state index < -0.39 is 0 Å². The maximum Gasteiger partial charge on any atom is 0.221 e. The number of nitrogens with one attached hydrogen (secondary N) is 2. The van der Waals surface area contributed by atoms with Crippen molar-refractivity contribution in [2.75, 3.05) is 6.54 Å². The van der Waals surface area contributed by atoms with E-state index in [-0.39, 0.29) is 11.9 Å². The van der Waals surface area contributed by atoms with Gasteiger partial charge < -0.3 is 10.6 Å². The molecule has 1 atom stereocenters. The van der Waals surface area contributed by atoms with E-state index in [1.165, 1.54) is 0 Å². The third-order valence-electron chi connectivity index (χ3n) is 3.24. The van der Waals surface area contributed by atoms with E-state index in [1.807, 2.05) is 55.5 Å². The van der Waals surface area contributed by atoms with Crippen LogP contribution in [0.4, 0.5) is 0 Å². The van der Waals surface area contributed by atoms with Gasteiger partial charge in [0, 0.05) is 25.7 Å². The fraction of sp³-hybridized carbons (Fsp3) is 0.294. The number of hydrogen-bond donors (Lipinski definition) is 2. The highest BCUT2D eigenvalue weighted by molar-refractivity contribution is 5.76. The highest BCUT2D eigenvalue weighted by atomic mass is 16.1. The monoisotopic (exact) mass is 283 g/mol. The molecule has 0 spiro atoms. The van der Waals surface area contributed by atoms with Gasteiger partial charge >= 0.3 is 0 Å². The first kappa shape index (κ1) is 15.2. The van der Waals surface area contributed by atoms with Crippen molar-refractivity contribution in [2.45, 2.75) is 25.9 Å². The number of amides is 1. The molecule has 0 aliphatic carbocycles. The smallest absolute Gasteiger partial charge is 0.221 e. The Balaban J connectivity index is 1.66. The maximum absolute atomic E-state index is 11.9. The molecular weight excluding hydrogens is 262 g/mol. The second-order valence-electron chi connectivity index (χ2n) is 4.95. The summed E-state index contributed by atoms with van der Waals surface area (Å²) in [4.78, 5) is 16.1. The van der Waals surface area contributed by atoms with Gasteiger partial charge in [-0.15, -0.1) is 0 Å². The summed E-state index contributed by atoms with van der Waals surface area (Å²) in [5.41, 5.74) is 2.10. The first-order valence-corrected chi connectivity index (χ1v) is 7.20. The molecular formula is C17H21N3O. The van der Waals surface area contributed by atoms with Crippen LogP contribution in [-0.4, -0.2) is 17.4 Å². The van der Waals surface area contributed by atoms with Crippen molar-refractivity contribution in [1.29, 1.82) is 0 Å². The Hall–Kier alpha value is -2.20. The zero-order valence-corrected chi connectivity index (χ0v) is 12.3. The van der Waals surface area contributed by atoms with Crippen LogP contribution in [0.5, 0.6) is 0 Å². The van der Waals surface area contributed by atoms with Crippen LogP contribution in [0.15, 0.2) is 54.7 Å². The number of aromatic nitrogens is 1. The summed E-state index contributed by atoms with van der Waals surface area (Å²) in [7, 11) is 0. The molecule has 4 heteroatoms. The summed E-state index contributed by atoms with van der Waals surface area (Å²) < 4.78 is 0. The molecule has 0 aliphatic rings. The van der Waals surface area contributed by atoms with Gasteiger partial charge in [0.1, 0.15) is 0 Å². The molecule has 1 unspecified atom stereocenters. The maximum atomic E-state index is 11.9. The van der Waals surface area contributed by atoms with Crippen LogP contribution < -0.4 is 10.6 Å². The molecule has 2 aromatic rings. The summed E-state index contributed by atoms with van der Waals surface area (Å²) in [5.74, 6) is 0.0554. The minimum atomic E-state index is 0.0366. The van der Waals surface area contributed by atoms with E-state index in [1.54, 1.807) is 6.20 Å². The van der Waals surface area contributed by atoms with Gasteiger partial charge in [-0.25, -0.2) is 0 Å². The van der Waals surface area contributed by atoms with Crippen molar-refractivity contribution in [1.82, 2.24) is 15.6 Å². The number of benzene rings is 1. The lowest BCUT2D eigenvalue weighted by molar-refractivity contribution is -0.121. The number of carbonyl (C=O) groups is 1. The number of rotatable bonds is 7. The van der Waals surface area contributed by atoms with Gasteiger partial charge in [0.2, 0.25) is 5.91 Å². The second-order valence-corrected chi connectivity index (χ2v) is 4.95. The van der Waals surface area contributed by atoms with Crippen molar-refractivity contribution in [3.8, 4) is 0 Å². The number of hydrogen-bond acceptors (Lipinski definition) is 3. The molecule has 0 saturated heterocycles. The van der Waals surface area contributed by atoms with E-state index in [4.69, 9.17) is 0 Å². The fourth-order valence-electron chi connectivity index (χ4n) is 2.06. The van der Waals surface area contributed by atoms with Crippen LogP contribution in [-0.2, 0) is 11.3 Å². The molecule has 4 nitrogen and oxygen atoms in total. The number of carbonyl (C=O) groups excluding carboxylic acids is 1. The third kappa shape index (κ3) is 5.36. The molecule has 0 bridgehead atoms. The standard InChI is InChI=1S/C17H21N3O/c1-14(15-7-3-2-4-8-15)20-17(21)10-12-18-13-16-9-5-6-11-19-16/h2-9,11,14,18H,10,12-13H2,1H3,(H,20,21). The van der Waals surface area contributed by atoms with E-state index in [0.29, 0.717) is 19.5 Å². The van der Waals surface area contributed by atoms with Crippen LogP contribution in [0.3, 0.4) is 0 Å². The molecule has 1 heterocycles. The highest BCUT2D eigenvalue weighted by Gasteiger charge is 2.08. The lowest BCUT2D eigenvalue weighted by atomic mass is 10.1. The zero-order valence-electron chi connectivity index (χ0n) is 12.3. The van der Waals surface area contributed by atoms with Gasteiger partial charge in [-0.1, -0.05) is 36.4 Å². The average molecular weight is 283 g/mol. The fourth-order valence-corrected chi connectivity index (χ4v) is 2.06. The van der Waals surface area contributed by atoms with E-state index in [2.05, 4.69) is 15.6 Å². The normalized spacial score (nSPS) is 11.9. The summed E-state index contributed by atoms with van der Waals surface area (Å²) in [6, 6.07) is 15.8. The van der Waals surface area contributed by atoms with Crippen LogP contribution in [0.1, 0.15) is 30.6 Å². The quantitative estimate of drug-likeness (QED) is 0.767. The van der Waals surface area contributed by atoms with Crippen LogP contribution >= 0.6 is 0 Å². The predicted octanol–water partition coefficient (Wildman–Crippen LogP) is 2.44. The molecule has 0 radical (unpaired) electrons. The van der Waals surface area contributed by atoms with Crippen LogP contribution in [0.25, 0.3) is 0 Å².